The molecule has 2 heterocycles. The first kappa shape index (κ1) is 14.0. The lowest BCUT2D eigenvalue weighted by Gasteiger charge is -2.25. The van der Waals surface area contributed by atoms with Crippen LogP contribution in [0.25, 0.3) is 0 Å². The zero-order valence-corrected chi connectivity index (χ0v) is 12.5. The summed E-state index contributed by atoms with van der Waals surface area (Å²) in [6.07, 6.45) is 8.68. The number of nitrogens with zero attached hydrogens (tertiary/aromatic N) is 3. The summed E-state index contributed by atoms with van der Waals surface area (Å²) in [5, 5.41) is 7.56. The fourth-order valence-electron chi connectivity index (χ4n) is 2.53. The average Bonchev–Trinajstić information content (AvgIpc) is 3.15. The Bertz CT molecular complexity index is 544. The molecule has 0 amide bonds. The smallest absolute Gasteiger partial charge is 0.246 e. The molecule has 1 aliphatic heterocycles. The largest absolute Gasteiger partial charge is 0.312 e. The van der Waals surface area contributed by atoms with Gasteiger partial charge in [-0.3, -0.25) is 4.68 Å². The molecule has 0 aromatic carbocycles. The van der Waals surface area contributed by atoms with Gasteiger partial charge in [0.25, 0.3) is 0 Å². The van der Waals surface area contributed by atoms with Crippen molar-refractivity contribution in [2.24, 2.45) is 0 Å². The molecule has 1 saturated carbocycles. The lowest BCUT2D eigenvalue weighted by Crippen LogP contribution is -2.35. The summed E-state index contributed by atoms with van der Waals surface area (Å²) in [5.41, 5.74) is 0. The summed E-state index contributed by atoms with van der Waals surface area (Å²) >= 11 is 0. The number of nitrogens with one attached hydrogen (secondary N) is 1. The number of hydrogen-bond acceptors (Lipinski definition) is 4. The van der Waals surface area contributed by atoms with Gasteiger partial charge in [0.1, 0.15) is 4.90 Å². The third kappa shape index (κ3) is 3.21. The summed E-state index contributed by atoms with van der Waals surface area (Å²) in [6.45, 7) is 2.83. The van der Waals surface area contributed by atoms with E-state index in [0.29, 0.717) is 30.6 Å². The van der Waals surface area contributed by atoms with Crippen LogP contribution in [-0.4, -0.2) is 48.2 Å². The predicted molar refractivity (Wildman–Crippen MR) is 75.9 cm³/mol. The van der Waals surface area contributed by atoms with Gasteiger partial charge in [-0.1, -0.05) is 6.42 Å². The Balaban J connectivity index is 1.61. The average molecular weight is 298 g/mol. The van der Waals surface area contributed by atoms with Crippen molar-refractivity contribution in [3.8, 4) is 0 Å². The van der Waals surface area contributed by atoms with E-state index in [1.54, 1.807) is 15.2 Å². The number of hydrogen-bond donors (Lipinski definition) is 1. The molecule has 1 N–H and O–H groups in total. The highest BCUT2D eigenvalue weighted by Gasteiger charge is 2.27. The minimum absolute atomic E-state index is 0.325. The van der Waals surface area contributed by atoms with Crippen LogP contribution in [0.4, 0.5) is 0 Å². The predicted octanol–water partition coefficient (Wildman–Crippen LogP) is 0.810. The fraction of sp³-hybridized carbons (Fsp3) is 0.769. The van der Waals surface area contributed by atoms with Crippen molar-refractivity contribution < 1.29 is 8.42 Å². The summed E-state index contributed by atoms with van der Waals surface area (Å²) < 4.78 is 28.2. The van der Waals surface area contributed by atoms with Crippen LogP contribution < -0.4 is 5.32 Å². The minimum atomic E-state index is -3.34. The highest BCUT2D eigenvalue weighted by Crippen LogP contribution is 2.20. The Morgan fingerprint density at radius 2 is 2.00 bits per heavy atom. The van der Waals surface area contributed by atoms with E-state index in [2.05, 4.69) is 10.4 Å². The molecular weight excluding hydrogens is 276 g/mol. The Morgan fingerprint density at radius 3 is 2.70 bits per heavy atom. The normalized spacial score (nSPS) is 21.2. The van der Waals surface area contributed by atoms with Gasteiger partial charge >= 0.3 is 0 Å². The van der Waals surface area contributed by atoms with Crippen LogP contribution in [0, 0.1) is 0 Å². The van der Waals surface area contributed by atoms with Gasteiger partial charge in [0.05, 0.1) is 12.7 Å². The van der Waals surface area contributed by atoms with Crippen molar-refractivity contribution in [2.45, 2.75) is 49.6 Å². The molecule has 2 aliphatic rings. The molecule has 2 fully saturated rings. The SMILES string of the molecule is O=S(=O)(c1cnn(CCNC2CC2)c1)N1CCCCC1. The molecule has 0 spiro atoms. The van der Waals surface area contributed by atoms with Crippen LogP contribution in [0.15, 0.2) is 17.3 Å². The highest BCUT2D eigenvalue weighted by molar-refractivity contribution is 7.89. The lowest BCUT2D eigenvalue weighted by atomic mass is 10.2. The zero-order valence-electron chi connectivity index (χ0n) is 11.7. The second kappa shape index (κ2) is 5.83. The molecule has 3 rings (SSSR count). The van der Waals surface area contributed by atoms with Gasteiger partial charge < -0.3 is 5.32 Å². The van der Waals surface area contributed by atoms with E-state index in [4.69, 9.17) is 0 Å². The molecule has 7 heteroatoms. The first-order chi connectivity index (χ1) is 9.66. The van der Waals surface area contributed by atoms with E-state index in [0.717, 1.165) is 25.8 Å². The fourth-order valence-corrected chi connectivity index (χ4v) is 4.00. The number of piperidine rings is 1. The topological polar surface area (TPSA) is 67.2 Å². The first-order valence-corrected chi connectivity index (χ1v) is 8.86. The number of aromatic nitrogens is 2. The summed E-state index contributed by atoms with van der Waals surface area (Å²) in [7, 11) is -3.34. The molecule has 0 bridgehead atoms. The second-order valence-corrected chi connectivity index (χ2v) is 7.57. The van der Waals surface area contributed by atoms with E-state index in [1.165, 1.54) is 19.0 Å². The van der Waals surface area contributed by atoms with Crippen molar-refractivity contribution in [3.63, 3.8) is 0 Å². The Hall–Kier alpha value is -0.920. The summed E-state index contributed by atoms with van der Waals surface area (Å²) in [6, 6.07) is 0.669. The van der Waals surface area contributed by atoms with Crippen LogP contribution in [0.5, 0.6) is 0 Å². The van der Waals surface area contributed by atoms with Gasteiger partial charge in [-0.2, -0.15) is 9.40 Å². The second-order valence-electron chi connectivity index (χ2n) is 5.63. The number of sulfonamides is 1. The van der Waals surface area contributed by atoms with Crippen molar-refractivity contribution >= 4 is 10.0 Å². The molecule has 1 aliphatic carbocycles. The number of rotatable bonds is 6. The first-order valence-electron chi connectivity index (χ1n) is 7.42. The summed E-state index contributed by atoms with van der Waals surface area (Å²) in [4.78, 5) is 0.325. The van der Waals surface area contributed by atoms with E-state index in [1.807, 2.05) is 0 Å². The maximum absolute atomic E-state index is 12.4. The molecule has 6 nitrogen and oxygen atoms in total. The van der Waals surface area contributed by atoms with Gasteiger partial charge in [0, 0.05) is 31.9 Å². The molecule has 1 aromatic heterocycles. The molecule has 112 valence electrons. The van der Waals surface area contributed by atoms with Gasteiger partial charge in [0.15, 0.2) is 0 Å². The van der Waals surface area contributed by atoms with Crippen molar-refractivity contribution in [1.29, 1.82) is 0 Å². The summed E-state index contributed by atoms with van der Waals surface area (Å²) in [5.74, 6) is 0. The van der Waals surface area contributed by atoms with Crippen molar-refractivity contribution in [2.75, 3.05) is 19.6 Å². The monoisotopic (exact) mass is 298 g/mol. The Morgan fingerprint density at radius 1 is 1.25 bits per heavy atom. The third-order valence-electron chi connectivity index (χ3n) is 3.91. The molecule has 0 atom stereocenters. The Kier molecular flexibility index (Phi) is 4.09. The zero-order chi connectivity index (χ0) is 14.0. The van der Waals surface area contributed by atoms with Crippen LogP contribution in [-0.2, 0) is 16.6 Å². The highest BCUT2D eigenvalue weighted by atomic mass is 32.2. The van der Waals surface area contributed by atoms with E-state index in [-0.39, 0.29) is 0 Å². The van der Waals surface area contributed by atoms with Gasteiger partial charge in [-0.15, -0.1) is 0 Å². The third-order valence-corrected chi connectivity index (χ3v) is 5.77. The van der Waals surface area contributed by atoms with Gasteiger partial charge in [0.2, 0.25) is 10.0 Å². The van der Waals surface area contributed by atoms with Crippen LogP contribution in [0.2, 0.25) is 0 Å². The molecule has 0 radical (unpaired) electrons. The van der Waals surface area contributed by atoms with Gasteiger partial charge in [-0.05, 0) is 25.7 Å². The van der Waals surface area contributed by atoms with Crippen LogP contribution in [0.3, 0.4) is 0 Å². The molecule has 1 aromatic rings. The van der Waals surface area contributed by atoms with Gasteiger partial charge in [-0.25, -0.2) is 8.42 Å². The maximum atomic E-state index is 12.4. The van der Waals surface area contributed by atoms with Crippen molar-refractivity contribution in [3.05, 3.63) is 12.4 Å². The molecular formula is C13H22N4O2S. The van der Waals surface area contributed by atoms with Crippen LogP contribution in [0.1, 0.15) is 32.1 Å². The van der Waals surface area contributed by atoms with E-state index >= 15 is 0 Å². The standard InChI is InChI=1S/C13H22N4O2S/c18-20(19,17-7-2-1-3-8-17)13-10-15-16(11-13)9-6-14-12-4-5-12/h10-12,14H,1-9H2. The quantitative estimate of drug-likeness (QED) is 0.844. The lowest BCUT2D eigenvalue weighted by molar-refractivity contribution is 0.346. The van der Waals surface area contributed by atoms with Crippen LogP contribution >= 0.6 is 0 Å². The molecule has 0 unspecified atom stereocenters. The van der Waals surface area contributed by atoms with Crippen molar-refractivity contribution in [1.82, 2.24) is 19.4 Å². The molecule has 1 saturated heterocycles. The Labute approximate surface area is 120 Å². The molecule has 20 heavy (non-hydrogen) atoms. The maximum Gasteiger partial charge on any atom is 0.246 e. The van der Waals surface area contributed by atoms with E-state index < -0.39 is 10.0 Å². The van der Waals surface area contributed by atoms with E-state index in [9.17, 15) is 8.42 Å². The minimum Gasteiger partial charge on any atom is -0.312 e.